The Hall–Kier alpha value is -2.42. The van der Waals surface area contributed by atoms with E-state index >= 15 is 0 Å². The van der Waals surface area contributed by atoms with Crippen molar-refractivity contribution >= 4 is 39.0 Å². The molecule has 0 spiro atoms. The van der Waals surface area contributed by atoms with E-state index in [9.17, 15) is 14.9 Å². The molecule has 0 bridgehead atoms. The number of nitrogens with zero attached hydrogens (tertiary/aromatic N) is 3. The summed E-state index contributed by atoms with van der Waals surface area (Å²) in [6.07, 6.45) is 1.24. The SMILES string of the molecule is Cc1cc(NC(=O)C2CCN(c3ccc(Br)cc3[N+](=O)[O-])CC2)no1. The summed E-state index contributed by atoms with van der Waals surface area (Å²) >= 11 is 3.26. The summed E-state index contributed by atoms with van der Waals surface area (Å²) in [5.41, 5.74) is 0.648. The van der Waals surface area contributed by atoms with Crippen LogP contribution in [0.4, 0.5) is 17.2 Å². The number of aryl methyl sites for hydroxylation is 1. The summed E-state index contributed by atoms with van der Waals surface area (Å²) in [5, 5.41) is 17.8. The van der Waals surface area contributed by atoms with E-state index in [0.29, 0.717) is 47.7 Å². The molecule has 1 saturated heterocycles. The third-order valence-electron chi connectivity index (χ3n) is 4.22. The van der Waals surface area contributed by atoms with Crippen LogP contribution in [0.15, 0.2) is 33.3 Å². The Labute approximate surface area is 152 Å². The molecule has 1 aliphatic rings. The van der Waals surface area contributed by atoms with Gasteiger partial charge in [-0.3, -0.25) is 14.9 Å². The average Bonchev–Trinajstić information content (AvgIpc) is 2.99. The number of hydrogen-bond acceptors (Lipinski definition) is 6. The highest BCUT2D eigenvalue weighted by Crippen LogP contribution is 2.33. The summed E-state index contributed by atoms with van der Waals surface area (Å²) in [5.74, 6) is 0.794. The molecule has 0 unspecified atom stereocenters. The molecule has 9 heteroatoms. The zero-order valence-electron chi connectivity index (χ0n) is 13.6. The Morgan fingerprint density at radius 3 is 2.72 bits per heavy atom. The number of nitro groups is 1. The third-order valence-corrected chi connectivity index (χ3v) is 4.71. The minimum Gasteiger partial charge on any atom is -0.366 e. The summed E-state index contributed by atoms with van der Waals surface area (Å²) in [7, 11) is 0. The molecule has 0 atom stereocenters. The van der Waals surface area contributed by atoms with Gasteiger partial charge in [0, 0.05) is 35.6 Å². The Kier molecular flexibility index (Phi) is 5.03. The van der Waals surface area contributed by atoms with E-state index in [1.807, 2.05) is 4.90 Å². The number of aromatic nitrogens is 1. The molecular formula is C16H17BrN4O4. The molecule has 0 radical (unpaired) electrons. The maximum Gasteiger partial charge on any atom is 0.293 e. The molecular weight excluding hydrogens is 392 g/mol. The first-order valence-corrected chi connectivity index (χ1v) is 8.66. The van der Waals surface area contributed by atoms with Crippen LogP contribution in [0.5, 0.6) is 0 Å². The lowest BCUT2D eigenvalue weighted by molar-refractivity contribution is -0.384. The van der Waals surface area contributed by atoms with E-state index in [0.717, 1.165) is 0 Å². The van der Waals surface area contributed by atoms with Gasteiger partial charge >= 0.3 is 0 Å². The molecule has 1 amide bonds. The topological polar surface area (TPSA) is 102 Å². The van der Waals surface area contributed by atoms with Crippen molar-refractivity contribution in [1.82, 2.24) is 5.16 Å². The fourth-order valence-corrected chi connectivity index (χ4v) is 3.30. The Balaban J connectivity index is 1.64. The number of anilines is 2. The monoisotopic (exact) mass is 408 g/mol. The van der Waals surface area contributed by atoms with Gasteiger partial charge in [0.1, 0.15) is 11.4 Å². The lowest BCUT2D eigenvalue weighted by Gasteiger charge is -2.32. The van der Waals surface area contributed by atoms with Crippen LogP contribution in [0.25, 0.3) is 0 Å². The first kappa shape index (κ1) is 17.4. The van der Waals surface area contributed by atoms with E-state index in [4.69, 9.17) is 4.52 Å². The number of piperidine rings is 1. The van der Waals surface area contributed by atoms with Crippen molar-refractivity contribution in [3.63, 3.8) is 0 Å². The molecule has 25 heavy (non-hydrogen) atoms. The third kappa shape index (κ3) is 3.98. The van der Waals surface area contributed by atoms with Crippen molar-refractivity contribution in [2.45, 2.75) is 19.8 Å². The normalized spacial score (nSPS) is 15.2. The number of nitrogens with one attached hydrogen (secondary N) is 1. The molecule has 3 rings (SSSR count). The van der Waals surface area contributed by atoms with Gasteiger partial charge in [-0.25, -0.2) is 0 Å². The highest BCUT2D eigenvalue weighted by molar-refractivity contribution is 9.10. The highest BCUT2D eigenvalue weighted by atomic mass is 79.9. The quantitative estimate of drug-likeness (QED) is 0.613. The van der Waals surface area contributed by atoms with Crippen molar-refractivity contribution < 1.29 is 14.2 Å². The fourth-order valence-electron chi connectivity index (χ4n) is 2.95. The van der Waals surface area contributed by atoms with Crippen LogP contribution in [0.2, 0.25) is 0 Å². The predicted octanol–water partition coefficient (Wildman–Crippen LogP) is 3.51. The second kappa shape index (κ2) is 7.22. The van der Waals surface area contributed by atoms with Crippen molar-refractivity contribution in [2.24, 2.45) is 5.92 Å². The molecule has 1 fully saturated rings. The molecule has 1 aromatic heterocycles. The van der Waals surface area contributed by atoms with E-state index in [1.54, 1.807) is 25.1 Å². The van der Waals surface area contributed by atoms with Gasteiger partial charge in [0.2, 0.25) is 5.91 Å². The summed E-state index contributed by atoms with van der Waals surface area (Å²) < 4.78 is 5.60. The van der Waals surface area contributed by atoms with Gasteiger partial charge in [-0.15, -0.1) is 0 Å². The Morgan fingerprint density at radius 1 is 1.40 bits per heavy atom. The number of hydrogen-bond donors (Lipinski definition) is 1. The van der Waals surface area contributed by atoms with Crippen LogP contribution in [0.1, 0.15) is 18.6 Å². The molecule has 0 aliphatic carbocycles. The lowest BCUT2D eigenvalue weighted by Crippen LogP contribution is -2.38. The Morgan fingerprint density at radius 2 is 2.12 bits per heavy atom. The van der Waals surface area contributed by atoms with Gasteiger partial charge in [-0.05, 0) is 31.9 Å². The molecule has 1 aliphatic heterocycles. The zero-order valence-corrected chi connectivity index (χ0v) is 15.2. The van der Waals surface area contributed by atoms with Gasteiger partial charge in [0.05, 0.1) is 4.92 Å². The second-order valence-electron chi connectivity index (χ2n) is 5.96. The maximum absolute atomic E-state index is 12.3. The van der Waals surface area contributed by atoms with Crippen molar-refractivity contribution in [3.05, 3.63) is 44.6 Å². The predicted molar refractivity (Wildman–Crippen MR) is 95.6 cm³/mol. The van der Waals surface area contributed by atoms with E-state index < -0.39 is 0 Å². The molecule has 2 aromatic rings. The van der Waals surface area contributed by atoms with Gasteiger partial charge in [0.15, 0.2) is 5.82 Å². The van der Waals surface area contributed by atoms with Gasteiger partial charge < -0.3 is 14.7 Å². The van der Waals surface area contributed by atoms with Gasteiger partial charge in [-0.2, -0.15) is 0 Å². The van der Waals surface area contributed by atoms with Crippen LogP contribution >= 0.6 is 15.9 Å². The zero-order chi connectivity index (χ0) is 18.0. The van der Waals surface area contributed by atoms with Crippen molar-refractivity contribution in [3.8, 4) is 0 Å². The van der Waals surface area contributed by atoms with Crippen LogP contribution in [-0.2, 0) is 4.79 Å². The van der Waals surface area contributed by atoms with Crippen LogP contribution in [0, 0.1) is 23.0 Å². The van der Waals surface area contributed by atoms with Crippen LogP contribution in [-0.4, -0.2) is 29.1 Å². The minimum absolute atomic E-state index is 0.0651. The average molecular weight is 409 g/mol. The van der Waals surface area contributed by atoms with Crippen LogP contribution in [0.3, 0.4) is 0 Å². The molecule has 0 saturated carbocycles. The lowest BCUT2D eigenvalue weighted by atomic mass is 9.95. The number of nitro benzene ring substituents is 1. The maximum atomic E-state index is 12.3. The molecule has 8 nitrogen and oxygen atoms in total. The fraction of sp³-hybridized carbons (Fsp3) is 0.375. The number of carbonyl (C=O) groups is 1. The summed E-state index contributed by atoms with van der Waals surface area (Å²) in [4.78, 5) is 25.2. The minimum atomic E-state index is -0.383. The first-order valence-electron chi connectivity index (χ1n) is 7.87. The number of benzene rings is 1. The number of amides is 1. The summed E-state index contributed by atoms with van der Waals surface area (Å²) in [6.45, 7) is 2.92. The number of rotatable bonds is 4. The van der Waals surface area contributed by atoms with Crippen molar-refractivity contribution in [1.29, 1.82) is 0 Å². The number of halogens is 1. The standard InChI is InChI=1S/C16H17BrN4O4/c1-10-8-15(19-25-10)18-16(22)11-4-6-20(7-5-11)13-3-2-12(17)9-14(13)21(23)24/h2-3,8-9,11H,4-7H2,1H3,(H,18,19,22). The Bertz CT molecular complexity index is 799. The smallest absolute Gasteiger partial charge is 0.293 e. The largest absolute Gasteiger partial charge is 0.366 e. The van der Waals surface area contributed by atoms with E-state index in [1.165, 1.54) is 6.07 Å². The second-order valence-corrected chi connectivity index (χ2v) is 6.88. The van der Waals surface area contributed by atoms with Gasteiger partial charge in [0.25, 0.3) is 5.69 Å². The molecule has 1 aromatic carbocycles. The van der Waals surface area contributed by atoms with Crippen molar-refractivity contribution in [2.75, 3.05) is 23.3 Å². The highest BCUT2D eigenvalue weighted by Gasteiger charge is 2.28. The van der Waals surface area contributed by atoms with Crippen LogP contribution < -0.4 is 10.2 Å². The number of carbonyl (C=O) groups excluding carboxylic acids is 1. The first-order chi connectivity index (χ1) is 11.9. The van der Waals surface area contributed by atoms with E-state index in [-0.39, 0.29) is 22.4 Å². The molecule has 2 heterocycles. The van der Waals surface area contributed by atoms with Gasteiger partial charge in [-0.1, -0.05) is 21.1 Å². The molecule has 132 valence electrons. The summed E-state index contributed by atoms with van der Waals surface area (Å²) in [6, 6.07) is 6.69. The molecule has 1 N–H and O–H groups in total. The van der Waals surface area contributed by atoms with E-state index in [2.05, 4.69) is 26.4 Å².